The molecule has 1 saturated heterocycles. The number of ketones is 1. The molecule has 1 aliphatic rings. The Kier molecular flexibility index (Phi) is 4.54. The van der Waals surface area contributed by atoms with Gasteiger partial charge in [-0.2, -0.15) is 0 Å². The lowest BCUT2D eigenvalue weighted by atomic mass is 9.98. The third-order valence-corrected chi connectivity index (χ3v) is 3.90. The van der Waals surface area contributed by atoms with Gasteiger partial charge in [0, 0.05) is 6.42 Å². The number of benzene rings is 1. The number of rotatable bonds is 3. The van der Waals surface area contributed by atoms with Crippen LogP contribution in [0.5, 0.6) is 0 Å². The van der Waals surface area contributed by atoms with Crippen LogP contribution in [-0.2, 0) is 11.2 Å². The van der Waals surface area contributed by atoms with Gasteiger partial charge in [-0.25, -0.2) is 0 Å². The maximum absolute atomic E-state index is 12.3. The van der Waals surface area contributed by atoms with E-state index in [0.29, 0.717) is 12.2 Å². The summed E-state index contributed by atoms with van der Waals surface area (Å²) in [7, 11) is 0. The minimum Gasteiger partial charge on any atom is -0.307 e. The number of carbonyl (C=O) groups is 1. The van der Waals surface area contributed by atoms with Crippen molar-refractivity contribution in [3.63, 3.8) is 0 Å². The van der Waals surface area contributed by atoms with Crippen LogP contribution in [-0.4, -0.2) is 18.4 Å². The summed E-state index contributed by atoms with van der Waals surface area (Å²) in [6.07, 6.45) is 5.20. The highest BCUT2D eigenvalue weighted by Crippen LogP contribution is 2.14. The molecule has 1 aromatic rings. The van der Waals surface area contributed by atoms with Crippen LogP contribution in [0, 0.1) is 13.8 Å². The van der Waals surface area contributed by atoms with Crippen LogP contribution >= 0.6 is 0 Å². The summed E-state index contributed by atoms with van der Waals surface area (Å²) in [5.74, 6) is 0.347. The van der Waals surface area contributed by atoms with Crippen LogP contribution < -0.4 is 5.32 Å². The minimum atomic E-state index is 0.0779. The first kappa shape index (κ1) is 13.3. The van der Waals surface area contributed by atoms with Crippen LogP contribution in [0.3, 0.4) is 0 Å². The molecule has 0 amide bonds. The van der Waals surface area contributed by atoms with Gasteiger partial charge in [0.05, 0.1) is 6.04 Å². The van der Waals surface area contributed by atoms with Gasteiger partial charge in [-0.1, -0.05) is 31.0 Å². The van der Waals surface area contributed by atoms with Gasteiger partial charge >= 0.3 is 0 Å². The van der Waals surface area contributed by atoms with E-state index in [1.165, 1.54) is 30.4 Å². The predicted molar refractivity (Wildman–Crippen MR) is 74.9 cm³/mol. The molecule has 1 aromatic carbocycles. The van der Waals surface area contributed by atoms with E-state index in [4.69, 9.17) is 0 Å². The highest BCUT2D eigenvalue weighted by atomic mass is 16.1. The van der Waals surface area contributed by atoms with Crippen LogP contribution in [0.1, 0.15) is 42.4 Å². The van der Waals surface area contributed by atoms with Crippen molar-refractivity contribution in [2.24, 2.45) is 0 Å². The third kappa shape index (κ3) is 3.42. The molecule has 2 nitrogen and oxygen atoms in total. The van der Waals surface area contributed by atoms with Crippen molar-refractivity contribution < 1.29 is 4.79 Å². The number of Topliss-reactive ketones (excluding diaryl/α,β-unsaturated/α-hetero) is 1. The molecule has 18 heavy (non-hydrogen) atoms. The molecule has 0 saturated carbocycles. The van der Waals surface area contributed by atoms with E-state index in [-0.39, 0.29) is 6.04 Å². The van der Waals surface area contributed by atoms with Gasteiger partial charge in [0.25, 0.3) is 0 Å². The fourth-order valence-corrected chi connectivity index (χ4v) is 2.54. The Morgan fingerprint density at radius 3 is 2.83 bits per heavy atom. The second-order valence-corrected chi connectivity index (χ2v) is 5.42. The summed E-state index contributed by atoms with van der Waals surface area (Å²) in [4.78, 5) is 12.3. The lowest BCUT2D eigenvalue weighted by Crippen LogP contribution is -2.36. The molecule has 2 rings (SSSR count). The average Bonchev–Trinajstić information content (AvgIpc) is 2.62. The van der Waals surface area contributed by atoms with E-state index in [2.05, 4.69) is 37.4 Å². The fourth-order valence-electron chi connectivity index (χ4n) is 2.54. The second kappa shape index (κ2) is 6.14. The smallest absolute Gasteiger partial charge is 0.154 e. The van der Waals surface area contributed by atoms with E-state index >= 15 is 0 Å². The average molecular weight is 245 g/mol. The molecule has 1 aliphatic heterocycles. The van der Waals surface area contributed by atoms with Gasteiger partial charge in [0.2, 0.25) is 0 Å². The summed E-state index contributed by atoms with van der Waals surface area (Å²) in [5, 5.41) is 3.38. The zero-order chi connectivity index (χ0) is 13.0. The first-order valence-corrected chi connectivity index (χ1v) is 6.99. The molecular weight excluding hydrogens is 222 g/mol. The van der Waals surface area contributed by atoms with E-state index in [1.807, 2.05) is 0 Å². The van der Waals surface area contributed by atoms with E-state index in [1.54, 1.807) is 0 Å². The Balaban J connectivity index is 1.99. The number of hydrogen-bond acceptors (Lipinski definition) is 2. The van der Waals surface area contributed by atoms with Gasteiger partial charge in [-0.3, -0.25) is 4.79 Å². The van der Waals surface area contributed by atoms with Crippen molar-refractivity contribution in [3.8, 4) is 0 Å². The Labute approximate surface area is 110 Å². The van der Waals surface area contributed by atoms with Gasteiger partial charge in [0.1, 0.15) is 0 Å². The summed E-state index contributed by atoms with van der Waals surface area (Å²) >= 11 is 0. The summed E-state index contributed by atoms with van der Waals surface area (Å²) in [6, 6.07) is 6.41. The Bertz CT molecular complexity index is 417. The number of carbonyl (C=O) groups excluding carboxylic acids is 1. The van der Waals surface area contributed by atoms with Crippen molar-refractivity contribution in [1.29, 1.82) is 0 Å². The Hall–Kier alpha value is -1.15. The zero-order valence-corrected chi connectivity index (χ0v) is 11.5. The van der Waals surface area contributed by atoms with Crippen LogP contribution in [0.4, 0.5) is 0 Å². The highest BCUT2D eigenvalue weighted by Gasteiger charge is 2.19. The molecule has 1 N–H and O–H groups in total. The molecule has 1 heterocycles. The molecule has 1 unspecified atom stereocenters. The normalized spacial score (nSPS) is 20.4. The molecule has 98 valence electrons. The summed E-state index contributed by atoms with van der Waals surface area (Å²) < 4.78 is 0. The molecular formula is C16H23NO. The van der Waals surface area contributed by atoms with Crippen molar-refractivity contribution in [1.82, 2.24) is 5.32 Å². The van der Waals surface area contributed by atoms with Crippen molar-refractivity contribution >= 4 is 5.78 Å². The summed E-state index contributed by atoms with van der Waals surface area (Å²) in [6.45, 7) is 5.20. The van der Waals surface area contributed by atoms with Gasteiger partial charge in [-0.05, 0) is 49.9 Å². The molecule has 0 bridgehead atoms. The van der Waals surface area contributed by atoms with Gasteiger partial charge in [-0.15, -0.1) is 0 Å². The van der Waals surface area contributed by atoms with Gasteiger partial charge < -0.3 is 5.32 Å². The topological polar surface area (TPSA) is 29.1 Å². The lowest BCUT2D eigenvalue weighted by Gasteiger charge is -2.14. The number of hydrogen-bond donors (Lipinski definition) is 1. The Morgan fingerprint density at radius 2 is 2.06 bits per heavy atom. The summed E-state index contributed by atoms with van der Waals surface area (Å²) in [5.41, 5.74) is 3.71. The maximum Gasteiger partial charge on any atom is 0.154 e. The van der Waals surface area contributed by atoms with Crippen LogP contribution in [0.15, 0.2) is 18.2 Å². The highest BCUT2D eigenvalue weighted by molar-refractivity contribution is 5.86. The molecule has 0 aliphatic carbocycles. The molecule has 0 radical (unpaired) electrons. The predicted octanol–water partition coefficient (Wildman–Crippen LogP) is 2.95. The third-order valence-electron chi connectivity index (χ3n) is 3.90. The van der Waals surface area contributed by atoms with Crippen LogP contribution in [0.2, 0.25) is 0 Å². The molecule has 1 atom stereocenters. The standard InChI is InChI=1S/C16H23NO/c1-12-7-8-14(10-13(12)2)11-16(18)15-6-4-3-5-9-17-15/h7-8,10,15,17H,3-6,9,11H2,1-2H3. The second-order valence-electron chi connectivity index (χ2n) is 5.42. The van der Waals surface area contributed by atoms with Crippen molar-refractivity contribution in [3.05, 3.63) is 34.9 Å². The first-order valence-electron chi connectivity index (χ1n) is 6.99. The zero-order valence-electron chi connectivity index (χ0n) is 11.5. The fraction of sp³-hybridized carbons (Fsp3) is 0.562. The number of aryl methyl sites for hydroxylation is 2. The van der Waals surface area contributed by atoms with E-state index in [0.717, 1.165) is 18.5 Å². The van der Waals surface area contributed by atoms with Crippen LogP contribution in [0.25, 0.3) is 0 Å². The maximum atomic E-state index is 12.3. The SMILES string of the molecule is Cc1ccc(CC(=O)C2CCCCCN2)cc1C. The molecule has 2 heteroatoms. The van der Waals surface area contributed by atoms with E-state index in [9.17, 15) is 4.79 Å². The molecule has 0 spiro atoms. The lowest BCUT2D eigenvalue weighted by molar-refractivity contribution is -0.120. The molecule has 0 aromatic heterocycles. The molecule has 1 fully saturated rings. The number of nitrogens with one attached hydrogen (secondary N) is 1. The quantitative estimate of drug-likeness (QED) is 0.887. The van der Waals surface area contributed by atoms with Crippen molar-refractivity contribution in [2.75, 3.05) is 6.54 Å². The largest absolute Gasteiger partial charge is 0.307 e. The Morgan fingerprint density at radius 1 is 1.22 bits per heavy atom. The van der Waals surface area contributed by atoms with E-state index < -0.39 is 0 Å². The van der Waals surface area contributed by atoms with Gasteiger partial charge in [0.15, 0.2) is 5.78 Å². The minimum absolute atomic E-state index is 0.0779. The van der Waals surface area contributed by atoms with Crippen molar-refractivity contribution in [2.45, 2.75) is 52.0 Å². The first-order chi connectivity index (χ1) is 8.66. The monoisotopic (exact) mass is 245 g/mol.